The summed E-state index contributed by atoms with van der Waals surface area (Å²) in [7, 11) is 0. The van der Waals surface area contributed by atoms with Crippen LogP contribution in [0.2, 0.25) is 0 Å². The summed E-state index contributed by atoms with van der Waals surface area (Å²) >= 11 is 1.89. The van der Waals surface area contributed by atoms with Crippen molar-refractivity contribution in [3.8, 4) is 0 Å². The highest BCUT2D eigenvalue weighted by Crippen LogP contribution is 2.41. The molecule has 1 aliphatic rings. The Hall–Kier alpha value is -0.410. The highest BCUT2D eigenvalue weighted by molar-refractivity contribution is 7.11. The van der Waals surface area contributed by atoms with Gasteiger partial charge in [0.25, 0.3) is 0 Å². The molecule has 0 unspecified atom stereocenters. The molecule has 1 heterocycles. The van der Waals surface area contributed by atoms with Crippen molar-refractivity contribution in [3.05, 3.63) is 16.1 Å². The minimum atomic E-state index is 0.248. The predicted octanol–water partition coefficient (Wildman–Crippen LogP) is 3.69. The Bertz CT molecular complexity index is 339. The molecule has 2 nitrogen and oxygen atoms in total. The van der Waals surface area contributed by atoms with Gasteiger partial charge in [-0.25, -0.2) is 4.98 Å². The summed E-state index contributed by atoms with van der Waals surface area (Å²) in [6.45, 7) is 7.76. The molecule has 1 saturated carbocycles. The summed E-state index contributed by atoms with van der Waals surface area (Å²) in [5.74, 6) is 0.794. The van der Waals surface area contributed by atoms with Crippen LogP contribution in [0.4, 0.5) is 0 Å². The minimum absolute atomic E-state index is 0.248. The Morgan fingerprint density at radius 2 is 2.25 bits per heavy atom. The molecular weight excluding hydrogens is 216 g/mol. The van der Waals surface area contributed by atoms with Crippen LogP contribution in [0.25, 0.3) is 0 Å². The summed E-state index contributed by atoms with van der Waals surface area (Å²) in [6, 6.07) is 0. The largest absolute Gasteiger partial charge is 0.307 e. The van der Waals surface area contributed by atoms with Gasteiger partial charge in [-0.1, -0.05) is 13.3 Å². The van der Waals surface area contributed by atoms with Crippen LogP contribution in [0.1, 0.15) is 62.3 Å². The summed E-state index contributed by atoms with van der Waals surface area (Å²) in [5.41, 5.74) is 0.248. The molecule has 1 fully saturated rings. The zero-order valence-corrected chi connectivity index (χ0v) is 11.4. The van der Waals surface area contributed by atoms with E-state index < -0.39 is 0 Å². The van der Waals surface area contributed by atoms with Crippen LogP contribution < -0.4 is 5.32 Å². The molecule has 3 heteroatoms. The van der Waals surface area contributed by atoms with Crippen LogP contribution in [-0.2, 0) is 6.54 Å². The maximum Gasteiger partial charge on any atom is 0.0959 e. The standard InChI is InChI=1S/C13H22N2S/c1-4-7-13(2,3)15-9-11-8-14-12(16-11)10-5-6-10/h8,10,15H,4-7,9H2,1-3H3. The van der Waals surface area contributed by atoms with E-state index >= 15 is 0 Å². The highest BCUT2D eigenvalue weighted by Gasteiger charge is 2.26. The fraction of sp³-hybridized carbons (Fsp3) is 0.769. The Labute approximate surface area is 102 Å². The van der Waals surface area contributed by atoms with E-state index in [1.807, 2.05) is 17.5 Å². The average molecular weight is 238 g/mol. The van der Waals surface area contributed by atoms with E-state index in [-0.39, 0.29) is 5.54 Å². The average Bonchev–Trinajstić information content (AvgIpc) is 2.95. The first-order valence-corrected chi connectivity index (χ1v) is 7.12. The molecule has 0 spiro atoms. The van der Waals surface area contributed by atoms with Crippen molar-refractivity contribution in [2.75, 3.05) is 0 Å². The molecule has 2 rings (SSSR count). The van der Waals surface area contributed by atoms with Gasteiger partial charge in [-0.3, -0.25) is 0 Å². The van der Waals surface area contributed by atoms with Crippen LogP contribution in [-0.4, -0.2) is 10.5 Å². The third-order valence-electron chi connectivity index (χ3n) is 3.11. The van der Waals surface area contributed by atoms with E-state index in [1.165, 1.54) is 35.6 Å². The lowest BCUT2D eigenvalue weighted by atomic mass is 9.99. The van der Waals surface area contributed by atoms with Crippen molar-refractivity contribution in [2.24, 2.45) is 0 Å². The second kappa shape index (κ2) is 4.84. The predicted molar refractivity (Wildman–Crippen MR) is 69.9 cm³/mol. The Morgan fingerprint density at radius 1 is 1.50 bits per heavy atom. The molecule has 1 aliphatic carbocycles. The topological polar surface area (TPSA) is 24.9 Å². The van der Waals surface area contributed by atoms with Gasteiger partial charge in [-0.2, -0.15) is 0 Å². The van der Waals surface area contributed by atoms with Crippen molar-refractivity contribution in [1.82, 2.24) is 10.3 Å². The molecule has 0 radical (unpaired) electrons. The SMILES string of the molecule is CCCC(C)(C)NCc1cnc(C2CC2)s1. The lowest BCUT2D eigenvalue weighted by Crippen LogP contribution is -2.38. The van der Waals surface area contributed by atoms with E-state index in [4.69, 9.17) is 0 Å². The summed E-state index contributed by atoms with van der Waals surface area (Å²) < 4.78 is 0. The number of nitrogens with zero attached hydrogens (tertiary/aromatic N) is 1. The lowest BCUT2D eigenvalue weighted by Gasteiger charge is -2.25. The molecule has 16 heavy (non-hydrogen) atoms. The molecule has 0 atom stereocenters. The molecule has 0 aliphatic heterocycles. The quantitative estimate of drug-likeness (QED) is 0.817. The van der Waals surface area contributed by atoms with Crippen molar-refractivity contribution in [3.63, 3.8) is 0 Å². The van der Waals surface area contributed by atoms with Crippen LogP contribution in [0.3, 0.4) is 0 Å². The smallest absolute Gasteiger partial charge is 0.0959 e. The molecule has 0 amide bonds. The van der Waals surface area contributed by atoms with Gasteiger partial charge in [0.05, 0.1) is 5.01 Å². The molecule has 0 bridgehead atoms. The first-order valence-electron chi connectivity index (χ1n) is 6.30. The summed E-state index contributed by atoms with van der Waals surface area (Å²) in [6.07, 6.45) is 7.20. The Morgan fingerprint density at radius 3 is 2.88 bits per heavy atom. The highest BCUT2D eigenvalue weighted by atomic mass is 32.1. The van der Waals surface area contributed by atoms with E-state index in [2.05, 4.69) is 31.1 Å². The van der Waals surface area contributed by atoms with Crippen LogP contribution >= 0.6 is 11.3 Å². The number of hydrogen-bond donors (Lipinski definition) is 1. The maximum absolute atomic E-state index is 4.50. The lowest BCUT2D eigenvalue weighted by molar-refractivity contribution is 0.358. The minimum Gasteiger partial charge on any atom is -0.307 e. The van der Waals surface area contributed by atoms with Gasteiger partial charge in [0.2, 0.25) is 0 Å². The van der Waals surface area contributed by atoms with Gasteiger partial charge < -0.3 is 5.32 Å². The van der Waals surface area contributed by atoms with E-state index in [9.17, 15) is 0 Å². The van der Waals surface area contributed by atoms with E-state index in [0.29, 0.717) is 0 Å². The van der Waals surface area contributed by atoms with Crippen LogP contribution in [0.15, 0.2) is 6.20 Å². The maximum atomic E-state index is 4.50. The van der Waals surface area contributed by atoms with Crippen molar-refractivity contribution >= 4 is 11.3 Å². The fourth-order valence-corrected chi connectivity index (χ4v) is 2.99. The first kappa shape index (κ1) is 12.1. The molecule has 0 aromatic carbocycles. The van der Waals surface area contributed by atoms with Gasteiger partial charge in [0.1, 0.15) is 0 Å². The fourth-order valence-electron chi connectivity index (χ4n) is 1.96. The summed E-state index contributed by atoms with van der Waals surface area (Å²) in [5, 5.41) is 4.97. The van der Waals surface area contributed by atoms with E-state index in [1.54, 1.807) is 0 Å². The Balaban J connectivity index is 1.84. The second-order valence-electron chi connectivity index (χ2n) is 5.43. The molecule has 1 aromatic rings. The second-order valence-corrected chi connectivity index (χ2v) is 6.57. The van der Waals surface area contributed by atoms with E-state index in [0.717, 1.165) is 12.5 Å². The molecule has 1 aromatic heterocycles. The molecular formula is C13H22N2S. The normalized spacial score (nSPS) is 16.7. The number of aromatic nitrogens is 1. The molecule has 90 valence electrons. The van der Waals surface area contributed by atoms with Gasteiger partial charge in [-0.05, 0) is 33.1 Å². The van der Waals surface area contributed by atoms with Crippen molar-refractivity contribution in [1.29, 1.82) is 0 Å². The number of thiazole rings is 1. The zero-order chi connectivity index (χ0) is 11.6. The molecule has 1 N–H and O–H groups in total. The number of hydrogen-bond acceptors (Lipinski definition) is 3. The van der Waals surface area contributed by atoms with Crippen LogP contribution in [0.5, 0.6) is 0 Å². The van der Waals surface area contributed by atoms with Gasteiger partial charge >= 0.3 is 0 Å². The zero-order valence-electron chi connectivity index (χ0n) is 10.5. The number of nitrogens with one attached hydrogen (secondary N) is 1. The van der Waals surface area contributed by atoms with Gasteiger partial charge in [0, 0.05) is 29.1 Å². The third-order valence-corrected chi connectivity index (χ3v) is 4.27. The van der Waals surface area contributed by atoms with Gasteiger partial charge in [-0.15, -0.1) is 11.3 Å². The van der Waals surface area contributed by atoms with Gasteiger partial charge in [0.15, 0.2) is 0 Å². The molecule has 0 saturated heterocycles. The van der Waals surface area contributed by atoms with Crippen LogP contribution in [0, 0.1) is 0 Å². The monoisotopic (exact) mass is 238 g/mol. The van der Waals surface area contributed by atoms with Crippen molar-refractivity contribution < 1.29 is 0 Å². The summed E-state index contributed by atoms with van der Waals surface area (Å²) in [4.78, 5) is 5.88. The first-order chi connectivity index (χ1) is 7.61. The van der Waals surface area contributed by atoms with Crippen molar-refractivity contribution in [2.45, 2.75) is 64.5 Å². The number of rotatable bonds is 6. The third kappa shape index (κ3) is 3.29. The Kier molecular flexibility index (Phi) is 3.65.